The highest BCUT2D eigenvalue weighted by Gasteiger charge is 2.46. The molecule has 10 heteroatoms. The Labute approximate surface area is 191 Å². The van der Waals surface area contributed by atoms with E-state index in [9.17, 15) is 0 Å². The monoisotopic (exact) mass is 479 g/mol. The maximum Gasteiger partial charge on any atom is 0.500 e. The van der Waals surface area contributed by atoms with Crippen LogP contribution in [-0.4, -0.2) is 112 Å². The zero-order valence-electron chi connectivity index (χ0n) is 20.8. The van der Waals surface area contributed by atoms with E-state index in [-0.39, 0.29) is 0 Å². The van der Waals surface area contributed by atoms with Crippen molar-refractivity contribution in [3.05, 3.63) is 0 Å². The Hall–Kier alpha value is 0.371. The standard InChI is InChI=1S/C20H47N2O5Si3/c1-9-26-29(27-10-2)18-14-17-22(5)19-28-20(30(23-6,24-7)25-8)15-12-11-13-16-21(3)4/h20H,9-19H2,1-8H3. The predicted molar refractivity (Wildman–Crippen MR) is 129 cm³/mol. The van der Waals surface area contributed by atoms with Crippen LogP contribution in [0, 0.1) is 0 Å². The first-order valence-electron chi connectivity index (χ1n) is 11.2. The molecule has 0 aliphatic rings. The molecule has 30 heavy (non-hydrogen) atoms. The van der Waals surface area contributed by atoms with Crippen molar-refractivity contribution in [2.24, 2.45) is 0 Å². The van der Waals surface area contributed by atoms with E-state index in [4.69, 9.17) is 22.1 Å². The quantitative estimate of drug-likeness (QED) is 0.185. The van der Waals surface area contributed by atoms with Gasteiger partial charge in [-0.25, -0.2) is 0 Å². The number of hydrogen-bond donors (Lipinski definition) is 0. The lowest BCUT2D eigenvalue weighted by Gasteiger charge is -2.33. The molecule has 0 aromatic heterocycles. The smallest absolute Gasteiger partial charge is 0.394 e. The Bertz CT molecular complexity index is 379. The van der Waals surface area contributed by atoms with Gasteiger partial charge >= 0.3 is 18.1 Å². The van der Waals surface area contributed by atoms with E-state index in [0.717, 1.165) is 60.9 Å². The molecule has 0 aromatic carbocycles. The van der Waals surface area contributed by atoms with Crippen molar-refractivity contribution in [1.29, 1.82) is 0 Å². The van der Waals surface area contributed by atoms with E-state index in [2.05, 4.69) is 30.9 Å². The highest BCUT2D eigenvalue weighted by Crippen LogP contribution is 2.29. The Morgan fingerprint density at radius 2 is 1.43 bits per heavy atom. The van der Waals surface area contributed by atoms with Crippen molar-refractivity contribution < 1.29 is 22.1 Å². The van der Waals surface area contributed by atoms with Crippen LogP contribution in [0.15, 0.2) is 0 Å². The Morgan fingerprint density at radius 1 is 0.833 bits per heavy atom. The lowest BCUT2D eigenvalue weighted by molar-refractivity contribution is 0.118. The van der Waals surface area contributed by atoms with Gasteiger partial charge in [-0.15, -0.1) is 0 Å². The lowest BCUT2D eigenvalue weighted by Crippen LogP contribution is -2.51. The average Bonchev–Trinajstić information content (AvgIpc) is 2.72. The first-order valence-corrected chi connectivity index (χ1v) is 15.8. The van der Waals surface area contributed by atoms with Crippen molar-refractivity contribution in [3.63, 3.8) is 0 Å². The summed E-state index contributed by atoms with van der Waals surface area (Å²) in [5.74, 6) is 0. The van der Waals surface area contributed by atoms with Crippen molar-refractivity contribution >= 4 is 27.6 Å². The molecule has 0 fully saturated rings. The summed E-state index contributed by atoms with van der Waals surface area (Å²) < 4.78 is 29.0. The summed E-state index contributed by atoms with van der Waals surface area (Å²) in [6.07, 6.45) is 6.90. The molecule has 0 saturated heterocycles. The molecule has 0 aliphatic carbocycles. The zero-order chi connectivity index (χ0) is 22.8. The van der Waals surface area contributed by atoms with Gasteiger partial charge in [-0.2, -0.15) is 0 Å². The van der Waals surface area contributed by atoms with Crippen LogP contribution in [0.5, 0.6) is 0 Å². The Balaban J connectivity index is 4.56. The molecule has 1 atom stereocenters. The molecule has 1 unspecified atom stereocenters. The molecule has 0 aromatic rings. The third-order valence-electron chi connectivity index (χ3n) is 5.02. The molecule has 179 valence electrons. The molecule has 0 aliphatic heterocycles. The van der Waals surface area contributed by atoms with Crippen molar-refractivity contribution in [1.82, 2.24) is 9.80 Å². The van der Waals surface area contributed by atoms with Crippen LogP contribution in [0.1, 0.15) is 46.0 Å². The zero-order valence-corrected chi connectivity index (χ0v) is 23.8. The van der Waals surface area contributed by atoms with Crippen LogP contribution in [-0.2, 0) is 22.1 Å². The minimum absolute atomic E-state index is 0.353. The van der Waals surface area contributed by atoms with E-state index in [1.807, 2.05) is 13.8 Å². The number of rotatable bonds is 21. The minimum atomic E-state index is -2.63. The maximum atomic E-state index is 5.84. The summed E-state index contributed by atoms with van der Waals surface area (Å²) in [7, 11) is 8.66. The van der Waals surface area contributed by atoms with Gasteiger partial charge in [0.05, 0.1) is 9.52 Å². The molecule has 0 rings (SSSR count). The molecule has 0 bridgehead atoms. The summed E-state index contributed by atoms with van der Waals surface area (Å²) in [4.78, 5) is 4.66. The fourth-order valence-corrected chi connectivity index (χ4v) is 10.2. The van der Waals surface area contributed by atoms with Crippen LogP contribution in [0.2, 0.25) is 11.2 Å². The normalized spacial score (nSPS) is 13.7. The predicted octanol–water partition coefficient (Wildman–Crippen LogP) is 2.86. The summed E-state index contributed by atoms with van der Waals surface area (Å²) >= 11 is 0. The third kappa shape index (κ3) is 13.0. The van der Waals surface area contributed by atoms with Gasteiger partial charge in [-0.1, -0.05) is 12.8 Å². The second-order valence-electron chi connectivity index (χ2n) is 7.70. The van der Waals surface area contributed by atoms with Crippen LogP contribution in [0.25, 0.3) is 0 Å². The van der Waals surface area contributed by atoms with E-state index < -0.39 is 18.1 Å². The summed E-state index contributed by atoms with van der Waals surface area (Å²) in [6, 6.07) is 1.03. The van der Waals surface area contributed by atoms with E-state index in [1.54, 1.807) is 21.3 Å². The van der Waals surface area contributed by atoms with Crippen molar-refractivity contribution in [3.8, 4) is 0 Å². The third-order valence-corrected chi connectivity index (χ3v) is 13.0. The lowest BCUT2D eigenvalue weighted by atomic mass is 10.2. The van der Waals surface area contributed by atoms with Crippen LogP contribution in [0.3, 0.4) is 0 Å². The molecule has 0 N–H and O–H groups in total. The number of hydrogen-bond acceptors (Lipinski definition) is 7. The van der Waals surface area contributed by atoms with Gasteiger partial charge in [0.25, 0.3) is 0 Å². The number of unbranched alkanes of at least 4 members (excludes halogenated alkanes) is 2. The average molecular weight is 480 g/mol. The van der Waals surface area contributed by atoms with E-state index >= 15 is 0 Å². The Kier molecular flexibility index (Phi) is 19.1. The van der Waals surface area contributed by atoms with Crippen LogP contribution >= 0.6 is 0 Å². The second-order valence-corrected chi connectivity index (χ2v) is 14.7. The van der Waals surface area contributed by atoms with Gasteiger partial charge in [0.1, 0.15) is 0 Å². The van der Waals surface area contributed by atoms with Crippen LogP contribution < -0.4 is 0 Å². The molecule has 0 amide bonds. The van der Waals surface area contributed by atoms with Crippen LogP contribution in [0.4, 0.5) is 0 Å². The highest BCUT2D eigenvalue weighted by molar-refractivity contribution is 6.73. The molecular weight excluding hydrogens is 432 g/mol. The van der Waals surface area contributed by atoms with Gasteiger partial charge in [0, 0.05) is 39.7 Å². The van der Waals surface area contributed by atoms with Gasteiger partial charge in [-0.3, -0.25) is 0 Å². The Morgan fingerprint density at radius 3 is 1.93 bits per heavy atom. The van der Waals surface area contributed by atoms with Crippen molar-refractivity contribution in [2.75, 3.05) is 74.9 Å². The van der Waals surface area contributed by atoms with Gasteiger partial charge < -0.3 is 31.9 Å². The summed E-state index contributed by atoms with van der Waals surface area (Å²) in [6.45, 7) is 7.74. The molecule has 3 radical (unpaired) electrons. The SMILES string of the molecule is CCO[Si](CCCN(C)C[Si]C(CCCCCN(C)C)[Si](OC)(OC)OC)OCC. The maximum absolute atomic E-state index is 5.84. The summed E-state index contributed by atoms with van der Waals surface area (Å²) in [5, 5.41) is 0.353. The topological polar surface area (TPSA) is 52.6 Å². The fraction of sp³-hybridized carbons (Fsp3) is 1.00. The summed E-state index contributed by atoms with van der Waals surface area (Å²) in [5.41, 5.74) is 0. The van der Waals surface area contributed by atoms with Gasteiger partial charge in [-0.05, 0) is 79.6 Å². The molecule has 0 saturated carbocycles. The van der Waals surface area contributed by atoms with Crippen molar-refractivity contribution in [2.45, 2.75) is 57.2 Å². The number of nitrogens with zero attached hydrogens (tertiary/aromatic N) is 2. The van der Waals surface area contributed by atoms with Gasteiger partial charge in [0.15, 0.2) is 0 Å². The fourth-order valence-electron chi connectivity index (χ4n) is 3.38. The first-order chi connectivity index (χ1) is 14.4. The molecular formula is C20H47N2O5Si3. The highest BCUT2D eigenvalue weighted by atomic mass is 28.4. The minimum Gasteiger partial charge on any atom is -0.394 e. The van der Waals surface area contributed by atoms with Gasteiger partial charge in [0.2, 0.25) is 0 Å². The molecule has 7 nitrogen and oxygen atoms in total. The van der Waals surface area contributed by atoms with E-state index in [0.29, 0.717) is 5.16 Å². The first kappa shape index (κ1) is 30.4. The molecule has 0 heterocycles. The largest absolute Gasteiger partial charge is 0.500 e. The molecule has 0 spiro atoms. The second kappa shape index (κ2) is 18.9. The van der Waals surface area contributed by atoms with E-state index in [1.165, 1.54) is 19.3 Å².